The standard InChI is InChI=1S/C12H16F2N2OS/c1-12(2,15)7-18-6-11(17)16-10-4-3-8(13)5-9(10)14/h3-5H,6-7,15H2,1-2H3,(H,16,17). The molecule has 0 aromatic heterocycles. The fourth-order valence-electron chi connectivity index (χ4n) is 1.18. The molecule has 0 bridgehead atoms. The summed E-state index contributed by atoms with van der Waals surface area (Å²) < 4.78 is 25.9. The van der Waals surface area contributed by atoms with Crippen molar-refractivity contribution in [3.8, 4) is 0 Å². The fraction of sp³-hybridized carbons (Fsp3) is 0.417. The van der Waals surface area contributed by atoms with Gasteiger partial charge in [-0.2, -0.15) is 11.8 Å². The van der Waals surface area contributed by atoms with Crippen LogP contribution in [0.5, 0.6) is 0 Å². The number of hydrogen-bond donors (Lipinski definition) is 2. The minimum Gasteiger partial charge on any atom is -0.325 e. The third kappa shape index (κ3) is 5.46. The average Bonchev–Trinajstić information content (AvgIpc) is 2.20. The lowest BCUT2D eigenvalue weighted by Crippen LogP contribution is -2.35. The summed E-state index contributed by atoms with van der Waals surface area (Å²) in [6.07, 6.45) is 0. The largest absolute Gasteiger partial charge is 0.325 e. The van der Waals surface area contributed by atoms with Crippen LogP contribution in [0.15, 0.2) is 18.2 Å². The summed E-state index contributed by atoms with van der Waals surface area (Å²) in [4.78, 5) is 11.5. The van der Waals surface area contributed by atoms with Crippen LogP contribution in [0.3, 0.4) is 0 Å². The van der Waals surface area contributed by atoms with E-state index in [2.05, 4.69) is 5.32 Å². The van der Waals surface area contributed by atoms with Crippen LogP contribution in [0.4, 0.5) is 14.5 Å². The van der Waals surface area contributed by atoms with Gasteiger partial charge in [-0.05, 0) is 26.0 Å². The molecule has 1 rings (SSSR count). The second-order valence-corrected chi connectivity index (χ2v) is 5.64. The number of amides is 1. The average molecular weight is 274 g/mol. The molecule has 100 valence electrons. The molecule has 0 heterocycles. The van der Waals surface area contributed by atoms with Crippen molar-refractivity contribution in [2.24, 2.45) is 5.73 Å². The van der Waals surface area contributed by atoms with Crippen LogP contribution in [-0.4, -0.2) is 23.0 Å². The quantitative estimate of drug-likeness (QED) is 0.866. The van der Waals surface area contributed by atoms with Gasteiger partial charge in [0.05, 0.1) is 11.4 Å². The Morgan fingerprint density at radius 3 is 2.67 bits per heavy atom. The van der Waals surface area contributed by atoms with Gasteiger partial charge in [-0.25, -0.2) is 8.78 Å². The van der Waals surface area contributed by atoms with Crippen LogP contribution in [0, 0.1) is 11.6 Å². The molecule has 0 saturated carbocycles. The Kier molecular flexibility index (Phi) is 5.10. The molecule has 1 aromatic carbocycles. The maximum Gasteiger partial charge on any atom is 0.234 e. The first kappa shape index (κ1) is 14.9. The number of nitrogens with one attached hydrogen (secondary N) is 1. The molecule has 1 amide bonds. The summed E-state index contributed by atoms with van der Waals surface area (Å²) in [7, 11) is 0. The van der Waals surface area contributed by atoms with Gasteiger partial charge in [-0.3, -0.25) is 4.79 Å². The number of nitrogens with two attached hydrogens (primary N) is 1. The van der Waals surface area contributed by atoms with Gasteiger partial charge in [0.15, 0.2) is 0 Å². The third-order valence-electron chi connectivity index (χ3n) is 1.91. The normalized spacial score (nSPS) is 11.4. The van der Waals surface area contributed by atoms with E-state index in [1.54, 1.807) is 0 Å². The zero-order chi connectivity index (χ0) is 13.8. The van der Waals surface area contributed by atoms with Gasteiger partial charge in [0.2, 0.25) is 5.91 Å². The van der Waals surface area contributed by atoms with E-state index in [1.165, 1.54) is 17.8 Å². The highest BCUT2D eigenvalue weighted by Crippen LogP contribution is 2.16. The molecule has 0 aliphatic heterocycles. The lowest BCUT2D eigenvalue weighted by molar-refractivity contribution is -0.113. The Labute approximate surface area is 109 Å². The van der Waals surface area contributed by atoms with Gasteiger partial charge >= 0.3 is 0 Å². The van der Waals surface area contributed by atoms with E-state index in [-0.39, 0.29) is 22.9 Å². The van der Waals surface area contributed by atoms with E-state index in [4.69, 9.17) is 5.73 Å². The molecule has 0 spiro atoms. The first-order valence-electron chi connectivity index (χ1n) is 5.39. The van der Waals surface area contributed by atoms with Crippen molar-refractivity contribution in [1.29, 1.82) is 0 Å². The monoisotopic (exact) mass is 274 g/mol. The molecule has 6 heteroatoms. The Morgan fingerprint density at radius 2 is 2.11 bits per heavy atom. The summed E-state index contributed by atoms with van der Waals surface area (Å²) in [5.41, 5.74) is 5.39. The van der Waals surface area contributed by atoms with E-state index >= 15 is 0 Å². The molecular weight excluding hydrogens is 258 g/mol. The van der Waals surface area contributed by atoms with Gasteiger partial charge in [0.25, 0.3) is 0 Å². The van der Waals surface area contributed by atoms with Crippen molar-refractivity contribution in [3.05, 3.63) is 29.8 Å². The Hall–Kier alpha value is -1.14. The predicted octanol–water partition coefficient (Wildman–Crippen LogP) is 2.37. The lowest BCUT2D eigenvalue weighted by Gasteiger charge is -2.17. The van der Waals surface area contributed by atoms with Crippen molar-refractivity contribution in [2.45, 2.75) is 19.4 Å². The number of anilines is 1. The Bertz CT molecular complexity index is 433. The molecule has 1 aromatic rings. The van der Waals surface area contributed by atoms with Crippen molar-refractivity contribution >= 4 is 23.4 Å². The maximum absolute atomic E-state index is 13.2. The van der Waals surface area contributed by atoms with Crippen LogP contribution in [0.25, 0.3) is 0 Å². The number of benzene rings is 1. The van der Waals surface area contributed by atoms with Crippen LogP contribution in [0.2, 0.25) is 0 Å². The van der Waals surface area contributed by atoms with Crippen molar-refractivity contribution < 1.29 is 13.6 Å². The Morgan fingerprint density at radius 1 is 1.44 bits per heavy atom. The number of hydrogen-bond acceptors (Lipinski definition) is 3. The minimum atomic E-state index is -0.785. The fourth-order valence-corrected chi connectivity index (χ4v) is 2.07. The summed E-state index contributed by atoms with van der Waals surface area (Å²) in [5.74, 6) is -1.00. The highest BCUT2D eigenvalue weighted by atomic mass is 32.2. The van der Waals surface area contributed by atoms with E-state index in [9.17, 15) is 13.6 Å². The van der Waals surface area contributed by atoms with E-state index < -0.39 is 11.6 Å². The van der Waals surface area contributed by atoms with Gasteiger partial charge in [-0.1, -0.05) is 0 Å². The zero-order valence-electron chi connectivity index (χ0n) is 10.3. The maximum atomic E-state index is 13.2. The molecule has 0 radical (unpaired) electrons. The van der Waals surface area contributed by atoms with Crippen LogP contribution in [0.1, 0.15) is 13.8 Å². The summed E-state index contributed by atoms with van der Waals surface area (Å²) >= 11 is 1.36. The molecule has 0 atom stereocenters. The first-order chi connectivity index (χ1) is 8.28. The lowest BCUT2D eigenvalue weighted by atomic mass is 10.1. The molecule has 18 heavy (non-hydrogen) atoms. The highest BCUT2D eigenvalue weighted by molar-refractivity contribution is 8.00. The van der Waals surface area contributed by atoms with Crippen LogP contribution in [-0.2, 0) is 4.79 Å². The second-order valence-electron chi connectivity index (χ2n) is 4.65. The molecule has 3 N–H and O–H groups in total. The van der Waals surface area contributed by atoms with E-state index in [0.29, 0.717) is 5.75 Å². The Balaban J connectivity index is 2.45. The highest BCUT2D eigenvalue weighted by Gasteiger charge is 2.13. The van der Waals surface area contributed by atoms with Gasteiger partial charge in [-0.15, -0.1) is 0 Å². The molecule has 0 aliphatic carbocycles. The summed E-state index contributed by atoms with van der Waals surface area (Å²) in [6.45, 7) is 3.72. The summed E-state index contributed by atoms with van der Waals surface area (Å²) in [5, 5.41) is 2.38. The number of carbonyl (C=O) groups excluding carboxylic acids is 1. The smallest absolute Gasteiger partial charge is 0.234 e. The third-order valence-corrected chi connectivity index (χ3v) is 3.33. The molecular formula is C12H16F2N2OS. The molecule has 0 saturated heterocycles. The SMILES string of the molecule is CC(C)(N)CSCC(=O)Nc1ccc(F)cc1F. The number of rotatable bonds is 5. The molecule has 3 nitrogen and oxygen atoms in total. The van der Waals surface area contributed by atoms with Gasteiger partial charge in [0.1, 0.15) is 11.6 Å². The van der Waals surface area contributed by atoms with Gasteiger partial charge in [0, 0.05) is 17.4 Å². The first-order valence-corrected chi connectivity index (χ1v) is 6.55. The number of thioether (sulfide) groups is 1. The summed E-state index contributed by atoms with van der Waals surface area (Å²) in [6, 6.07) is 3.01. The van der Waals surface area contributed by atoms with Crippen LogP contribution < -0.4 is 11.1 Å². The predicted molar refractivity (Wildman–Crippen MR) is 70.6 cm³/mol. The van der Waals surface area contributed by atoms with Crippen molar-refractivity contribution in [1.82, 2.24) is 0 Å². The van der Waals surface area contributed by atoms with Crippen molar-refractivity contribution in [3.63, 3.8) is 0 Å². The topological polar surface area (TPSA) is 55.1 Å². The zero-order valence-corrected chi connectivity index (χ0v) is 11.1. The van der Waals surface area contributed by atoms with Crippen LogP contribution >= 0.6 is 11.8 Å². The van der Waals surface area contributed by atoms with E-state index in [0.717, 1.165) is 12.1 Å². The van der Waals surface area contributed by atoms with Gasteiger partial charge < -0.3 is 11.1 Å². The van der Waals surface area contributed by atoms with E-state index in [1.807, 2.05) is 13.8 Å². The second kappa shape index (κ2) is 6.15. The minimum absolute atomic E-state index is 0.0194. The number of halogens is 2. The molecule has 0 aliphatic rings. The van der Waals surface area contributed by atoms with Crippen molar-refractivity contribution in [2.75, 3.05) is 16.8 Å². The molecule has 0 unspecified atom stereocenters. The molecule has 0 fully saturated rings. The number of carbonyl (C=O) groups is 1.